The van der Waals surface area contributed by atoms with Crippen LogP contribution < -0.4 is 0 Å². The number of hydrogen-bond acceptors (Lipinski definition) is 1. The second kappa shape index (κ2) is 4.35. The molecule has 1 atom stereocenters. The Morgan fingerprint density at radius 2 is 2.06 bits per heavy atom. The quantitative estimate of drug-likeness (QED) is 0.772. The maximum atomic E-state index is 12.3. The van der Waals surface area contributed by atoms with Gasteiger partial charge < -0.3 is 0 Å². The summed E-state index contributed by atoms with van der Waals surface area (Å²) in [5.74, 6) is 0.670. The molecular weight excluding hydrogens is 283 g/mol. The molecule has 16 heavy (non-hydrogen) atoms. The van der Waals surface area contributed by atoms with Crippen LogP contribution in [-0.4, -0.2) is 9.81 Å². The molecule has 2 rings (SSSR count). The van der Waals surface area contributed by atoms with Gasteiger partial charge in [0, 0.05) is 23.1 Å². The summed E-state index contributed by atoms with van der Waals surface area (Å²) in [6.07, 6.45) is -0.284. The highest BCUT2D eigenvalue weighted by atomic mass is 79.9. The molecule has 1 aromatic rings. The number of rotatable bonds is 3. The third kappa shape index (κ3) is 2.97. The van der Waals surface area contributed by atoms with Crippen molar-refractivity contribution in [3.63, 3.8) is 0 Å². The normalized spacial score (nSPS) is 18.5. The Morgan fingerprint density at radius 3 is 2.50 bits per heavy atom. The van der Waals surface area contributed by atoms with E-state index < -0.39 is 11.7 Å². The Labute approximate surface area is 100 Å². The fourth-order valence-electron chi connectivity index (χ4n) is 1.54. The van der Waals surface area contributed by atoms with Crippen LogP contribution in [-0.2, 0) is 12.6 Å². The fraction of sp³-hybridized carbons (Fsp3) is 0.545. The monoisotopic (exact) mass is 293 g/mol. The molecule has 0 N–H and O–H groups in total. The van der Waals surface area contributed by atoms with Crippen molar-refractivity contribution >= 4 is 15.9 Å². The van der Waals surface area contributed by atoms with Crippen molar-refractivity contribution in [2.75, 3.05) is 0 Å². The Bertz CT molecular complexity index is 356. The maximum absolute atomic E-state index is 12.3. The molecule has 0 bridgehead atoms. The van der Waals surface area contributed by atoms with Crippen LogP contribution in [0.2, 0.25) is 0 Å². The van der Waals surface area contributed by atoms with Crippen LogP contribution >= 0.6 is 15.9 Å². The summed E-state index contributed by atoms with van der Waals surface area (Å²) in [7, 11) is 0. The van der Waals surface area contributed by atoms with Crippen molar-refractivity contribution in [3.05, 3.63) is 29.6 Å². The Hall–Kier alpha value is -0.580. The lowest BCUT2D eigenvalue weighted by Crippen LogP contribution is -2.09. The first kappa shape index (κ1) is 11.9. The highest BCUT2D eigenvalue weighted by Gasteiger charge is 2.32. The highest BCUT2D eigenvalue weighted by Crippen LogP contribution is 2.38. The van der Waals surface area contributed by atoms with Gasteiger partial charge in [0.05, 0.1) is 5.56 Å². The van der Waals surface area contributed by atoms with Crippen molar-refractivity contribution in [1.82, 2.24) is 4.98 Å². The second-order valence-corrected chi connectivity index (χ2v) is 5.27. The molecule has 0 radical (unpaired) electrons. The molecule has 0 saturated heterocycles. The first-order valence-corrected chi connectivity index (χ1v) is 6.04. The number of hydrogen-bond donors (Lipinski definition) is 0. The van der Waals surface area contributed by atoms with Crippen LogP contribution in [0, 0.1) is 5.92 Å². The summed E-state index contributed by atoms with van der Waals surface area (Å²) < 4.78 is 36.8. The van der Waals surface area contributed by atoms with E-state index in [1.807, 2.05) is 0 Å². The molecule has 1 aliphatic carbocycles. The predicted molar refractivity (Wildman–Crippen MR) is 58.4 cm³/mol. The number of halogens is 4. The number of aromatic nitrogens is 1. The molecule has 0 amide bonds. The Balaban J connectivity index is 2.01. The minimum absolute atomic E-state index is 0.344. The topological polar surface area (TPSA) is 12.9 Å². The van der Waals surface area contributed by atoms with Crippen LogP contribution in [0.3, 0.4) is 0 Å². The zero-order valence-corrected chi connectivity index (χ0v) is 10.1. The smallest absolute Gasteiger partial charge is 0.261 e. The van der Waals surface area contributed by atoms with E-state index in [0.717, 1.165) is 12.3 Å². The van der Waals surface area contributed by atoms with Crippen molar-refractivity contribution in [2.45, 2.75) is 30.3 Å². The number of alkyl halides is 4. The second-order valence-electron chi connectivity index (χ2n) is 4.09. The van der Waals surface area contributed by atoms with Gasteiger partial charge in [-0.15, -0.1) is 0 Å². The average Bonchev–Trinajstić information content (AvgIpc) is 3.00. The molecule has 0 aliphatic heterocycles. The summed E-state index contributed by atoms with van der Waals surface area (Å²) in [6.45, 7) is 0. The van der Waals surface area contributed by atoms with Gasteiger partial charge in [-0.05, 0) is 30.9 Å². The van der Waals surface area contributed by atoms with Gasteiger partial charge in [-0.2, -0.15) is 13.2 Å². The van der Waals surface area contributed by atoms with Crippen molar-refractivity contribution < 1.29 is 13.2 Å². The summed E-state index contributed by atoms with van der Waals surface area (Å²) >= 11 is 3.54. The number of nitrogens with zero attached hydrogens (tertiary/aromatic N) is 1. The molecule has 0 spiro atoms. The predicted octanol–water partition coefficient (Wildman–Crippen LogP) is 3.82. The van der Waals surface area contributed by atoms with E-state index in [4.69, 9.17) is 0 Å². The first-order chi connectivity index (χ1) is 7.47. The molecule has 1 heterocycles. The van der Waals surface area contributed by atoms with Gasteiger partial charge >= 0.3 is 6.18 Å². The van der Waals surface area contributed by atoms with Gasteiger partial charge in [0.1, 0.15) is 0 Å². The van der Waals surface area contributed by atoms with Gasteiger partial charge in [-0.1, -0.05) is 15.9 Å². The largest absolute Gasteiger partial charge is 0.417 e. The summed E-state index contributed by atoms with van der Waals surface area (Å²) in [5.41, 5.74) is 0.0237. The molecule has 88 valence electrons. The molecular formula is C11H11BrF3N. The molecule has 1 aromatic heterocycles. The van der Waals surface area contributed by atoms with E-state index in [-0.39, 0.29) is 0 Å². The van der Waals surface area contributed by atoms with Gasteiger partial charge in [0.15, 0.2) is 0 Å². The van der Waals surface area contributed by atoms with E-state index in [1.165, 1.54) is 18.9 Å². The summed E-state index contributed by atoms with van der Waals surface area (Å²) in [6, 6.07) is 2.55. The summed E-state index contributed by atoms with van der Waals surface area (Å²) in [5, 5.41) is 0. The van der Waals surface area contributed by atoms with Crippen molar-refractivity contribution in [3.8, 4) is 0 Å². The average molecular weight is 294 g/mol. The van der Waals surface area contributed by atoms with Crippen LogP contribution in [0.1, 0.15) is 24.1 Å². The zero-order chi connectivity index (χ0) is 11.8. The molecule has 5 heteroatoms. The number of pyridine rings is 1. The SMILES string of the molecule is FC(F)(F)c1ccc(CC(Br)C2CC2)nc1. The minimum atomic E-state index is -4.30. The molecule has 1 nitrogen and oxygen atoms in total. The fourth-order valence-corrected chi connectivity index (χ4v) is 2.40. The van der Waals surface area contributed by atoms with Crippen molar-refractivity contribution in [2.24, 2.45) is 5.92 Å². The van der Waals surface area contributed by atoms with Gasteiger partial charge in [-0.25, -0.2) is 0 Å². The van der Waals surface area contributed by atoms with E-state index in [1.54, 1.807) is 0 Å². The lowest BCUT2D eigenvalue weighted by molar-refractivity contribution is -0.137. The minimum Gasteiger partial charge on any atom is -0.261 e. The van der Waals surface area contributed by atoms with E-state index in [2.05, 4.69) is 20.9 Å². The summed E-state index contributed by atoms with van der Waals surface area (Å²) in [4.78, 5) is 4.19. The molecule has 1 fully saturated rings. The van der Waals surface area contributed by atoms with Crippen LogP contribution in [0.25, 0.3) is 0 Å². The van der Waals surface area contributed by atoms with Gasteiger partial charge in [0.25, 0.3) is 0 Å². The van der Waals surface area contributed by atoms with Gasteiger partial charge in [-0.3, -0.25) is 4.98 Å². The molecule has 1 unspecified atom stereocenters. The van der Waals surface area contributed by atoms with E-state index in [9.17, 15) is 13.2 Å². The Kier molecular flexibility index (Phi) is 3.24. The first-order valence-electron chi connectivity index (χ1n) is 5.13. The maximum Gasteiger partial charge on any atom is 0.417 e. The molecule has 1 aliphatic rings. The van der Waals surface area contributed by atoms with E-state index >= 15 is 0 Å². The highest BCUT2D eigenvalue weighted by molar-refractivity contribution is 9.09. The van der Waals surface area contributed by atoms with Crippen molar-refractivity contribution in [1.29, 1.82) is 0 Å². The molecule has 1 saturated carbocycles. The van der Waals surface area contributed by atoms with Crippen LogP contribution in [0.4, 0.5) is 13.2 Å². The lowest BCUT2D eigenvalue weighted by Gasteiger charge is -2.09. The third-order valence-corrected chi connectivity index (χ3v) is 3.76. The van der Waals surface area contributed by atoms with E-state index in [0.29, 0.717) is 22.9 Å². The van der Waals surface area contributed by atoms with Crippen LogP contribution in [0.15, 0.2) is 18.3 Å². The third-order valence-electron chi connectivity index (χ3n) is 2.69. The lowest BCUT2D eigenvalue weighted by atomic mass is 10.1. The van der Waals surface area contributed by atoms with Gasteiger partial charge in [0.2, 0.25) is 0 Å². The van der Waals surface area contributed by atoms with Crippen LogP contribution in [0.5, 0.6) is 0 Å². The zero-order valence-electron chi connectivity index (χ0n) is 8.47. The molecule has 0 aromatic carbocycles. The Morgan fingerprint density at radius 1 is 1.38 bits per heavy atom. The standard InChI is InChI=1S/C11H11BrF3N/c12-10(7-1-2-7)5-9-4-3-8(6-16-9)11(13,14)15/h3-4,6-7,10H,1-2,5H2.